The lowest BCUT2D eigenvalue weighted by atomic mass is 9.98. The van der Waals surface area contributed by atoms with Crippen LogP contribution < -0.4 is 0 Å². The Balaban J connectivity index is 0. The number of rotatable bonds is 0. The first-order valence-electron chi connectivity index (χ1n) is 4.68. The predicted molar refractivity (Wildman–Crippen MR) is 56.4 cm³/mol. The molecule has 6 heteroatoms. The molecule has 0 aliphatic heterocycles. The van der Waals surface area contributed by atoms with E-state index in [9.17, 15) is 9.59 Å². The molecule has 0 rings (SSSR count). The second-order valence-corrected chi connectivity index (χ2v) is 5.26. The molecule has 2 N–H and O–H groups in total. The first-order chi connectivity index (χ1) is 6.96. The lowest BCUT2D eigenvalue weighted by Gasteiger charge is -2.11. The summed E-state index contributed by atoms with van der Waals surface area (Å²) in [6.07, 6.45) is 0. The first-order valence-corrected chi connectivity index (χ1v) is 4.68. The monoisotopic (exact) mass is 236 g/mol. The molecule has 0 spiro atoms. The Labute approximate surface area is 95.0 Å². The minimum absolute atomic E-state index is 0.602. The van der Waals surface area contributed by atoms with Gasteiger partial charge in [-0.3, -0.25) is 0 Å². The Morgan fingerprint density at radius 3 is 0.938 bits per heavy atom. The van der Waals surface area contributed by atoms with Gasteiger partial charge in [-0.1, -0.05) is 0 Å². The minimum atomic E-state index is -0.613. The van der Waals surface area contributed by atoms with Crippen LogP contribution in [0.5, 0.6) is 0 Å². The summed E-state index contributed by atoms with van der Waals surface area (Å²) in [7, 11) is 0. The van der Waals surface area contributed by atoms with E-state index in [-0.39, 0.29) is 0 Å². The molecule has 0 aliphatic rings. The Bertz CT molecular complexity index is 207. The van der Waals surface area contributed by atoms with E-state index in [0.29, 0.717) is 0 Å². The summed E-state index contributed by atoms with van der Waals surface area (Å²) in [5.41, 5.74) is -1.20. The van der Waals surface area contributed by atoms with Crippen LogP contribution in [0.4, 0.5) is 0 Å². The molecule has 0 aromatic rings. The average Bonchev–Trinajstić information content (AvgIpc) is 2.13. The van der Waals surface area contributed by atoms with Crippen molar-refractivity contribution >= 4 is 11.9 Å². The van der Waals surface area contributed by atoms with Crippen LogP contribution >= 0.6 is 0 Å². The molecule has 0 aliphatic carbocycles. The number of hydrogen-bond donors (Lipinski definition) is 2. The van der Waals surface area contributed by atoms with Gasteiger partial charge in [0, 0.05) is 0 Å². The van der Waals surface area contributed by atoms with Crippen molar-refractivity contribution in [3.63, 3.8) is 0 Å². The smallest absolute Gasteiger partial charge is 0.300 e. The zero-order valence-corrected chi connectivity index (χ0v) is 10.5. The molecule has 6 nitrogen and oxygen atoms in total. The first kappa shape index (κ1) is 17.3. The maximum atomic E-state index is 10.4. The molecular formula is C10H20O6. The molecule has 0 aromatic carbocycles. The summed E-state index contributed by atoms with van der Waals surface area (Å²) in [4.78, 5) is 27.7. The molecule has 0 saturated heterocycles. The Kier molecular flexibility index (Phi) is 6.95. The number of carbonyl (C=O) groups is 2. The minimum Gasteiger partial charge on any atom is -0.300 e. The van der Waals surface area contributed by atoms with Crippen molar-refractivity contribution in [1.29, 1.82) is 0 Å². The summed E-state index contributed by atoms with van der Waals surface area (Å²) in [5.74, 6) is -1.23. The van der Waals surface area contributed by atoms with Gasteiger partial charge in [0.15, 0.2) is 0 Å². The normalized spacial score (nSPS) is 11.0. The van der Waals surface area contributed by atoms with Gasteiger partial charge < -0.3 is 9.78 Å². The fourth-order valence-corrected chi connectivity index (χ4v) is 0.274. The van der Waals surface area contributed by atoms with E-state index in [2.05, 4.69) is 9.78 Å². The van der Waals surface area contributed by atoms with Crippen molar-refractivity contribution < 1.29 is 29.9 Å². The van der Waals surface area contributed by atoms with E-state index in [1.165, 1.54) is 0 Å². The zero-order chi connectivity index (χ0) is 13.6. The Hall–Kier alpha value is -1.14. The number of hydrogen-bond acceptors (Lipinski definition) is 6. The predicted octanol–water partition coefficient (Wildman–Crippen LogP) is 2.10. The van der Waals surface area contributed by atoms with E-state index in [1.54, 1.807) is 41.5 Å². The summed E-state index contributed by atoms with van der Waals surface area (Å²) >= 11 is 0. The highest BCUT2D eigenvalue weighted by Crippen LogP contribution is 2.14. The van der Waals surface area contributed by atoms with Crippen LogP contribution in [0.3, 0.4) is 0 Å². The quantitative estimate of drug-likeness (QED) is 0.494. The maximum absolute atomic E-state index is 10.4. The molecule has 0 bridgehead atoms. The van der Waals surface area contributed by atoms with Crippen molar-refractivity contribution in [3.8, 4) is 0 Å². The lowest BCUT2D eigenvalue weighted by molar-refractivity contribution is -0.243. The van der Waals surface area contributed by atoms with Crippen LogP contribution in [-0.4, -0.2) is 22.5 Å². The summed E-state index contributed by atoms with van der Waals surface area (Å²) < 4.78 is 0. The highest BCUT2D eigenvalue weighted by atomic mass is 17.1. The van der Waals surface area contributed by atoms with E-state index in [1.807, 2.05) is 0 Å². The van der Waals surface area contributed by atoms with Crippen molar-refractivity contribution in [2.75, 3.05) is 0 Å². The van der Waals surface area contributed by atoms with Crippen LogP contribution in [0.1, 0.15) is 41.5 Å². The van der Waals surface area contributed by atoms with Gasteiger partial charge in [-0.2, -0.15) is 10.5 Å². The third-order valence-corrected chi connectivity index (χ3v) is 1.39. The van der Waals surface area contributed by atoms with Crippen LogP contribution in [0, 0.1) is 10.8 Å². The molecule has 0 fully saturated rings. The third-order valence-electron chi connectivity index (χ3n) is 1.39. The van der Waals surface area contributed by atoms with Gasteiger partial charge in [-0.15, -0.1) is 0 Å². The molecule has 0 saturated carbocycles. The van der Waals surface area contributed by atoms with Gasteiger partial charge >= 0.3 is 11.9 Å². The van der Waals surface area contributed by atoms with Crippen LogP contribution in [0.25, 0.3) is 0 Å². The van der Waals surface area contributed by atoms with Crippen LogP contribution in [0.15, 0.2) is 0 Å². The summed E-state index contributed by atoms with van der Waals surface area (Å²) in [6, 6.07) is 0. The Morgan fingerprint density at radius 2 is 0.938 bits per heavy atom. The highest BCUT2D eigenvalue weighted by molar-refractivity contribution is 5.74. The van der Waals surface area contributed by atoms with Crippen molar-refractivity contribution in [2.24, 2.45) is 10.8 Å². The van der Waals surface area contributed by atoms with Gasteiger partial charge in [-0.25, -0.2) is 9.59 Å². The lowest BCUT2D eigenvalue weighted by Crippen LogP contribution is -2.21. The number of carbonyl (C=O) groups excluding carboxylic acids is 2. The fraction of sp³-hybridized carbons (Fsp3) is 0.800. The summed E-state index contributed by atoms with van der Waals surface area (Å²) in [5, 5.41) is 15.6. The molecule has 0 amide bonds. The summed E-state index contributed by atoms with van der Waals surface area (Å²) in [6.45, 7) is 9.95. The van der Waals surface area contributed by atoms with Crippen molar-refractivity contribution in [2.45, 2.75) is 41.5 Å². The second kappa shape index (κ2) is 6.44. The molecule has 96 valence electrons. The van der Waals surface area contributed by atoms with Crippen molar-refractivity contribution in [3.05, 3.63) is 0 Å². The molecule has 0 unspecified atom stereocenters. The molecule has 0 atom stereocenters. The Morgan fingerprint density at radius 1 is 0.750 bits per heavy atom. The van der Waals surface area contributed by atoms with Gasteiger partial charge in [0.25, 0.3) is 0 Å². The SMILES string of the molecule is CC(C)(C)C(=O)OO.CC(C)(C)C(=O)OO. The highest BCUT2D eigenvalue weighted by Gasteiger charge is 2.23. The average molecular weight is 236 g/mol. The van der Waals surface area contributed by atoms with E-state index < -0.39 is 22.8 Å². The van der Waals surface area contributed by atoms with Crippen LogP contribution in [0.2, 0.25) is 0 Å². The molecule has 16 heavy (non-hydrogen) atoms. The molecule has 0 heterocycles. The molecule has 0 radical (unpaired) electrons. The van der Waals surface area contributed by atoms with Crippen LogP contribution in [-0.2, 0) is 19.4 Å². The van der Waals surface area contributed by atoms with Gasteiger partial charge in [0.2, 0.25) is 0 Å². The van der Waals surface area contributed by atoms with Gasteiger partial charge in [0.1, 0.15) is 0 Å². The molecule has 0 aromatic heterocycles. The maximum Gasteiger partial charge on any atom is 0.347 e. The van der Waals surface area contributed by atoms with Crippen molar-refractivity contribution in [1.82, 2.24) is 0 Å². The van der Waals surface area contributed by atoms with E-state index in [4.69, 9.17) is 10.5 Å². The van der Waals surface area contributed by atoms with Gasteiger partial charge in [0.05, 0.1) is 10.8 Å². The van der Waals surface area contributed by atoms with E-state index >= 15 is 0 Å². The third kappa shape index (κ3) is 8.19. The zero-order valence-electron chi connectivity index (χ0n) is 10.5. The largest absolute Gasteiger partial charge is 0.347 e. The van der Waals surface area contributed by atoms with Gasteiger partial charge in [-0.05, 0) is 41.5 Å². The standard InChI is InChI=1S/2C5H10O3/c2*1-5(2,3)4(6)8-7/h2*7H,1-3H3. The second-order valence-electron chi connectivity index (χ2n) is 5.26. The fourth-order valence-electron chi connectivity index (χ4n) is 0.274. The molecular weight excluding hydrogens is 216 g/mol. The topological polar surface area (TPSA) is 93.1 Å². The van der Waals surface area contributed by atoms with E-state index in [0.717, 1.165) is 0 Å².